The van der Waals surface area contributed by atoms with Gasteiger partial charge in [-0.15, -0.1) is 11.3 Å². The third kappa shape index (κ3) is 2.18. The third-order valence-corrected chi connectivity index (χ3v) is 3.77. The van der Waals surface area contributed by atoms with Crippen molar-refractivity contribution in [2.75, 3.05) is 0 Å². The fourth-order valence-electron chi connectivity index (χ4n) is 1.58. The monoisotopic (exact) mass is 305 g/mol. The number of hydrogen-bond donors (Lipinski definition) is 0. The molecule has 2 heterocycles. The summed E-state index contributed by atoms with van der Waals surface area (Å²) in [6.07, 6.45) is 3.60. The van der Waals surface area contributed by atoms with E-state index in [-0.39, 0.29) is 0 Å². The third-order valence-electron chi connectivity index (χ3n) is 2.39. The van der Waals surface area contributed by atoms with Crippen LogP contribution in [0.2, 0.25) is 0 Å². The molecule has 17 heavy (non-hydrogen) atoms. The van der Waals surface area contributed by atoms with Crippen LogP contribution >= 0.6 is 27.3 Å². The molecule has 0 saturated carbocycles. The van der Waals surface area contributed by atoms with Crippen molar-refractivity contribution in [3.8, 4) is 11.5 Å². The minimum Gasteiger partial charge on any atom is -0.455 e. The van der Waals surface area contributed by atoms with Crippen LogP contribution < -0.4 is 4.74 Å². The van der Waals surface area contributed by atoms with Gasteiger partial charge in [-0.25, -0.2) is 0 Å². The molecule has 0 amide bonds. The van der Waals surface area contributed by atoms with Gasteiger partial charge in [-0.2, -0.15) is 0 Å². The summed E-state index contributed by atoms with van der Waals surface area (Å²) in [4.78, 5) is 4.17. The largest absolute Gasteiger partial charge is 0.455 e. The predicted octanol–water partition coefficient (Wildman–Crippen LogP) is 4.85. The van der Waals surface area contributed by atoms with Crippen LogP contribution in [0.5, 0.6) is 11.5 Å². The lowest BCUT2D eigenvalue weighted by molar-refractivity contribution is 0.486. The van der Waals surface area contributed by atoms with Crippen LogP contribution in [-0.4, -0.2) is 4.98 Å². The van der Waals surface area contributed by atoms with E-state index >= 15 is 0 Å². The van der Waals surface area contributed by atoms with E-state index in [1.807, 2.05) is 35.8 Å². The van der Waals surface area contributed by atoms with Crippen LogP contribution in [0.3, 0.4) is 0 Å². The zero-order valence-corrected chi connectivity index (χ0v) is 11.2. The Morgan fingerprint density at radius 3 is 2.71 bits per heavy atom. The van der Waals surface area contributed by atoms with Gasteiger partial charge < -0.3 is 4.74 Å². The number of thiophene rings is 1. The summed E-state index contributed by atoms with van der Waals surface area (Å²) in [5, 5.41) is 3.15. The molecule has 3 aromatic rings. The molecule has 4 heteroatoms. The highest BCUT2D eigenvalue weighted by Gasteiger charge is 2.04. The van der Waals surface area contributed by atoms with Crippen LogP contribution in [0, 0.1) is 0 Å². The quantitative estimate of drug-likeness (QED) is 0.675. The predicted molar refractivity (Wildman–Crippen MR) is 73.8 cm³/mol. The molecule has 2 aromatic heterocycles. The van der Waals surface area contributed by atoms with Crippen LogP contribution in [-0.2, 0) is 0 Å². The second-order valence-electron chi connectivity index (χ2n) is 3.53. The Kier molecular flexibility index (Phi) is 2.82. The molecule has 84 valence electrons. The van der Waals surface area contributed by atoms with E-state index in [1.165, 1.54) is 0 Å². The van der Waals surface area contributed by atoms with Gasteiger partial charge in [-0.05, 0) is 35.7 Å². The van der Waals surface area contributed by atoms with Gasteiger partial charge in [0.15, 0.2) is 5.75 Å². The second-order valence-corrected chi connectivity index (χ2v) is 5.39. The lowest BCUT2D eigenvalue weighted by atomic mass is 10.3. The Labute approximate surface area is 111 Å². The summed E-state index contributed by atoms with van der Waals surface area (Å²) in [5.74, 6) is 1.61. The van der Waals surface area contributed by atoms with Gasteiger partial charge in [0.1, 0.15) is 5.75 Å². The highest BCUT2D eigenvalue weighted by atomic mass is 79.9. The van der Waals surface area contributed by atoms with Crippen molar-refractivity contribution in [3.05, 3.63) is 52.6 Å². The molecule has 0 aliphatic rings. The minimum atomic E-state index is 0.797. The standard InChI is InChI=1S/C13H8BrNOS/c14-9-1-3-10(4-2-9)16-12-7-15-8-13-11(12)5-6-17-13/h1-8H. The van der Waals surface area contributed by atoms with E-state index in [9.17, 15) is 0 Å². The molecule has 0 atom stereocenters. The summed E-state index contributed by atoms with van der Waals surface area (Å²) in [6.45, 7) is 0. The molecule has 0 aliphatic heterocycles. The maximum Gasteiger partial charge on any atom is 0.154 e. The lowest BCUT2D eigenvalue weighted by Gasteiger charge is -2.06. The van der Waals surface area contributed by atoms with Gasteiger partial charge >= 0.3 is 0 Å². The number of rotatable bonds is 2. The molecular weight excluding hydrogens is 298 g/mol. The van der Waals surface area contributed by atoms with E-state index in [4.69, 9.17) is 4.74 Å². The molecule has 0 radical (unpaired) electrons. The number of aromatic nitrogens is 1. The van der Waals surface area contributed by atoms with E-state index in [0.717, 1.165) is 26.1 Å². The number of hydrogen-bond acceptors (Lipinski definition) is 3. The van der Waals surface area contributed by atoms with Crippen molar-refractivity contribution in [2.45, 2.75) is 0 Å². The first-order valence-electron chi connectivity index (χ1n) is 5.07. The molecule has 0 fully saturated rings. The average Bonchev–Trinajstić information content (AvgIpc) is 2.81. The van der Waals surface area contributed by atoms with Crippen molar-refractivity contribution in [2.24, 2.45) is 0 Å². The normalized spacial score (nSPS) is 10.6. The van der Waals surface area contributed by atoms with Crippen molar-refractivity contribution in [1.82, 2.24) is 4.98 Å². The Morgan fingerprint density at radius 2 is 1.88 bits per heavy atom. The SMILES string of the molecule is Brc1ccc(Oc2cncc3sccc23)cc1. The van der Waals surface area contributed by atoms with Gasteiger partial charge in [0.25, 0.3) is 0 Å². The van der Waals surface area contributed by atoms with E-state index in [0.29, 0.717) is 0 Å². The fourth-order valence-corrected chi connectivity index (χ4v) is 2.61. The first-order valence-corrected chi connectivity index (χ1v) is 6.75. The molecular formula is C13H8BrNOS. The van der Waals surface area contributed by atoms with Gasteiger partial charge in [0.05, 0.1) is 10.9 Å². The van der Waals surface area contributed by atoms with Crippen molar-refractivity contribution in [1.29, 1.82) is 0 Å². The van der Waals surface area contributed by atoms with E-state index < -0.39 is 0 Å². The van der Waals surface area contributed by atoms with Gasteiger partial charge in [0.2, 0.25) is 0 Å². The molecule has 0 bridgehead atoms. The molecule has 0 unspecified atom stereocenters. The summed E-state index contributed by atoms with van der Waals surface area (Å²) in [6, 6.07) is 9.81. The number of fused-ring (bicyclic) bond motifs is 1. The van der Waals surface area contributed by atoms with Crippen LogP contribution in [0.15, 0.2) is 52.6 Å². The van der Waals surface area contributed by atoms with Gasteiger partial charge in [0, 0.05) is 16.1 Å². The lowest BCUT2D eigenvalue weighted by Crippen LogP contribution is -1.85. The molecule has 0 N–H and O–H groups in total. The van der Waals surface area contributed by atoms with Crippen LogP contribution in [0.4, 0.5) is 0 Å². The zero-order chi connectivity index (χ0) is 11.7. The van der Waals surface area contributed by atoms with Gasteiger partial charge in [-0.3, -0.25) is 4.98 Å². The first-order chi connectivity index (χ1) is 8.33. The zero-order valence-electron chi connectivity index (χ0n) is 8.76. The Morgan fingerprint density at radius 1 is 1.06 bits per heavy atom. The van der Waals surface area contributed by atoms with Crippen LogP contribution in [0.1, 0.15) is 0 Å². The molecule has 1 aromatic carbocycles. The topological polar surface area (TPSA) is 22.1 Å². The van der Waals surface area contributed by atoms with Gasteiger partial charge in [-0.1, -0.05) is 15.9 Å². The van der Waals surface area contributed by atoms with Crippen LogP contribution in [0.25, 0.3) is 10.1 Å². The summed E-state index contributed by atoms with van der Waals surface area (Å²) in [5.41, 5.74) is 0. The average molecular weight is 306 g/mol. The van der Waals surface area contributed by atoms with Crippen molar-refractivity contribution >= 4 is 37.4 Å². The fraction of sp³-hybridized carbons (Fsp3) is 0. The van der Waals surface area contributed by atoms with E-state index in [1.54, 1.807) is 17.5 Å². The Balaban J connectivity index is 1.99. The highest BCUT2D eigenvalue weighted by molar-refractivity contribution is 9.10. The number of ether oxygens (including phenoxy) is 1. The summed E-state index contributed by atoms with van der Waals surface area (Å²) in [7, 11) is 0. The number of nitrogens with zero attached hydrogens (tertiary/aromatic N) is 1. The van der Waals surface area contributed by atoms with E-state index in [2.05, 4.69) is 27.0 Å². The number of halogens is 1. The summed E-state index contributed by atoms with van der Waals surface area (Å²) >= 11 is 5.06. The first kappa shape index (κ1) is 10.7. The molecule has 0 saturated heterocycles. The Hall–Kier alpha value is -1.39. The number of benzene rings is 1. The minimum absolute atomic E-state index is 0.797. The van der Waals surface area contributed by atoms with Crippen molar-refractivity contribution in [3.63, 3.8) is 0 Å². The van der Waals surface area contributed by atoms with Crippen molar-refractivity contribution < 1.29 is 4.74 Å². The highest BCUT2D eigenvalue weighted by Crippen LogP contribution is 2.32. The molecule has 0 aliphatic carbocycles. The smallest absolute Gasteiger partial charge is 0.154 e. The molecule has 3 rings (SSSR count). The Bertz CT molecular complexity index is 648. The maximum atomic E-state index is 5.83. The molecule has 0 spiro atoms. The summed E-state index contributed by atoms with van der Waals surface area (Å²) < 4.78 is 8.01. The maximum absolute atomic E-state index is 5.83. The number of pyridine rings is 1. The second kappa shape index (κ2) is 4.47. The molecule has 2 nitrogen and oxygen atoms in total.